The van der Waals surface area contributed by atoms with E-state index in [1.54, 1.807) is 33.5 Å². The van der Waals surface area contributed by atoms with Crippen LogP contribution in [0.3, 0.4) is 0 Å². The van der Waals surface area contributed by atoms with Gasteiger partial charge in [0.05, 0.1) is 27.2 Å². The Bertz CT molecular complexity index is 754. The second kappa shape index (κ2) is 11.9. The minimum absolute atomic E-state index is 0.0175. The second-order valence-corrected chi connectivity index (χ2v) is 8.70. The molecule has 0 aromatic heterocycles. The third kappa shape index (κ3) is 6.51. The first-order valence-corrected chi connectivity index (χ1v) is 11.7. The maximum atomic E-state index is 12.7. The zero-order valence-electron chi connectivity index (χ0n) is 19.6. The zero-order chi connectivity index (χ0) is 22.9. The summed E-state index contributed by atoms with van der Waals surface area (Å²) in [5.41, 5.74) is 0.591. The number of hydrogen-bond donors (Lipinski definition) is 2. The molecule has 1 atom stereocenters. The summed E-state index contributed by atoms with van der Waals surface area (Å²) in [7, 11) is 4.63. The molecule has 178 valence electrons. The van der Waals surface area contributed by atoms with Crippen LogP contribution < -0.4 is 24.8 Å². The molecule has 0 bridgehead atoms. The van der Waals surface area contributed by atoms with Crippen LogP contribution in [0.4, 0.5) is 5.69 Å². The van der Waals surface area contributed by atoms with Gasteiger partial charge in [-0.05, 0) is 32.2 Å². The van der Waals surface area contributed by atoms with Gasteiger partial charge < -0.3 is 29.7 Å². The first kappa shape index (κ1) is 24.2. The number of methoxy groups -OCH3 is 3. The molecule has 3 rings (SSSR count). The van der Waals surface area contributed by atoms with E-state index in [-0.39, 0.29) is 17.7 Å². The Morgan fingerprint density at radius 3 is 2.28 bits per heavy atom. The van der Waals surface area contributed by atoms with E-state index in [1.165, 1.54) is 19.3 Å². The van der Waals surface area contributed by atoms with E-state index in [1.807, 2.05) is 0 Å². The minimum atomic E-state index is -0.0898. The van der Waals surface area contributed by atoms with E-state index in [0.717, 1.165) is 38.8 Å². The number of carbonyl (C=O) groups excluding carboxylic acids is 2. The van der Waals surface area contributed by atoms with E-state index >= 15 is 0 Å². The van der Waals surface area contributed by atoms with Crippen LogP contribution in [-0.2, 0) is 9.59 Å². The monoisotopic (exact) mass is 447 g/mol. The number of benzene rings is 1. The summed E-state index contributed by atoms with van der Waals surface area (Å²) in [5.74, 6) is 1.58. The number of rotatable bonds is 9. The molecule has 1 saturated carbocycles. The maximum absolute atomic E-state index is 12.7. The maximum Gasteiger partial charge on any atom is 0.225 e. The summed E-state index contributed by atoms with van der Waals surface area (Å²) in [6.07, 6.45) is 8.16. The number of likely N-dealkylation sites (tertiary alicyclic amines) is 1. The van der Waals surface area contributed by atoms with Crippen molar-refractivity contribution in [1.29, 1.82) is 0 Å². The Hall–Kier alpha value is -2.48. The molecule has 1 aliphatic heterocycles. The molecule has 2 N–H and O–H groups in total. The molecule has 1 aromatic rings. The van der Waals surface area contributed by atoms with Crippen LogP contribution in [0.1, 0.15) is 51.4 Å². The predicted molar refractivity (Wildman–Crippen MR) is 124 cm³/mol. The van der Waals surface area contributed by atoms with Crippen LogP contribution in [0, 0.1) is 5.92 Å². The normalized spacial score (nSPS) is 19.8. The van der Waals surface area contributed by atoms with Crippen LogP contribution in [0.15, 0.2) is 12.1 Å². The van der Waals surface area contributed by atoms with Crippen molar-refractivity contribution >= 4 is 17.5 Å². The van der Waals surface area contributed by atoms with Crippen molar-refractivity contribution in [3.63, 3.8) is 0 Å². The third-order valence-corrected chi connectivity index (χ3v) is 6.43. The minimum Gasteiger partial charge on any atom is -0.493 e. The Balaban J connectivity index is 1.48. The van der Waals surface area contributed by atoms with Crippen molar-refractivity contribution in [2.75, 3.05) is 46.3 Å². The Morgan fingerprint density at radius 2 is 1.66 bits per heavy atom. The summed E-state index contributed by atoms with van der Waals surface area (Å²) < 4.78 is 16.0. The van der Waals surface area contributed by atoms with Gasteiger partial charge in [-0.15, -0.1) is 0 Å². The molecule has 1 aliphatic carbocycles. The quantitative estimate of drug-likeness (QED) is 0.604. The molecular formula is C24H37N3O5. The van der Waals surface area contributed by atoms with E-state index in [4.69, 9.17) is 14.2 Å². The Labute approximate surface area is 191 Å². The van der Waals surface area contributed by atoms with Gasteiger partial charge in [0.25, 0.3) is 0 Å². The first-order chi connectivity index (χ1) is 15.5. The zero-order valence-corrected chi connectivity index (χ0v) is 19.6. The fourth-order valence-corrected chi connectivity index (χ4v) is 4.68. The van der Waals surface area contributed by atoms with Gasteiger partial charge in [-0.2, -0.15) is 0 Å². The molecule has 1 heterocycles. The fraction of sp³-hybridized carbons (Fsp3) is 0.667. The van der Waals surface area contributed by atoms with E-state index in [9.17, 15) is 9.59 Å². The van der Waals surface area contributed by atoms with Crippen molar-refractivity contribution in [2.45, 2.75) is 57.4 Å². The highest BCUT2D eigenvalue weighted by atomic mass is 16.5. The lowest BCUT2D eigenvalue weighted by Gasteiger charge is -2.33. The van der Waals surface area contributed by atoms with Gasteiger partial charge in [0.2, 0.25) is 17.6 Å². The van der Waals surface area contributed by atoms with Crippen molar-refractivity contribution in [3.8, 4) is 17.2 Å². The van der Waals surface area contributed by atoms with Crippen molar-refractivity contribution < 1.29 is 23.8 Å². The number of nitrogens with one attached hydrogen (secondary N) is 2. The smallest absolute Gasteiger partial charge is 0.225 e. The molecule has 1 aromatic carbocycles. The average molecular weight is 448 g/mol. The van der Waals surface area contributed by atoms with Crippen molar-refractivity contribution in [1.82, 2.24) is 10.2 Å². The van der Waals surface area contributed by atoms with Gasteiger partial charge in [-0.1, -0.05) is 19.3 Å². The van der Waals surface area contributed by atoms with E-state index in [2.05, 4.69) is 15.5 Å². The topological polar surface area (TPSA) is 89.1 Å². The summed E-state index contributed by atoms with van der Waals surface area (Å²) in [4.78, 5) is 27.5. The van der Waals surface area contributed by atoms with Gasteiger partial charge >= 0.3 is 0 Å². The molecule has 32 heavy (non-hydrogen) atoms. The SMILES string of the molecule is COc1cc(NC(=O)CCN2CCCC(C(=O)NC3CCCCC3)C2)cc(OC)c1OC. The molecule has 0 radical (unpaired) electrons. The highest BCUT2D eigenvalue weighted by Gasteiger charge is 2.28. The molecule has 2 fully saturated rings. The van der Waals surface area contributed by atoms with Crippen LogP contribution in [-0.4, -0.2) is 63.7 Å². The lowest BCUT2D eigenvalue weighted by atomic mass is 9.93. The molecule has 8 heteroatoms. The predicted octanol–water partition coefficient (Wildman–Crippen LogP) is 3.20. The molecule has 8 nitrogen and oxygen atoms in total. The second-order valence-electron chi connectivity index (χ2n) is 8.70. The summed E-state index contributed by atoms with van der Waals surface area (Å²) in [6.45, 7) is 2.27. The Kier molecular flexibility index (Phi) is 9.02. The average Bonchev–Trinajstić information content (AvgIpc) is 2.82. The van der Waals surface area contributed by atoms with Crippen LogP contribution >= 0.6 is 0 Å². The van der Waals surface area contributed by atoms with Gasteiger partial charge in [0, 0.05) is 43.4 Å². The first-order valence-electron chi connectivity index (χ1n) is 11.7. The number of anilines is 1. The molecular weight excluding hydrogens is 410 g/mol. The highest BCUT2D eigenvalue weighted by Crippen LogP contribution is 2.39. The molecule has 1 unspecified atom stereocenters. The Morgan fingerprint density at radius 1 is 0.969 bits per heavy atom. The van der Waals surface area contributed by atoms with Gasteiger partial charge in [0.15, 0.2) is 11.5 Å². The van der Waals surface area contributed by atoms with Crippen LogP contribution in [0.5, 0.6) is 17.2 Å². The van der Waals surface area contributed by atoms with Crippen LogP contribution in [0.25, 0.3) is 0 Å². The van der Waals surface area contributed by atoms with Crippen LogP contribution in [0.2, 0.25) is 0 Å². The number of carbonyl (C=O) groups is 2. The largest absolute Gasteiger partial charge is 0.493 e. The van der Waals surface area contributed by atoms with Crippen molar-refractivity contribution in [3.05, 3.63) is 12.1 Å². The molecule has 2 amide bonds. The number of nitrogens with zero attached hydrogens (tertiary/aromatic N) is 1. The van der Waals surface area contributed by atoms with E-state index < -0.39 is 0 Å². The molecule has 2 aliphatic rings. The lowest BCUT2D eigenvalue weighted by Crippen LogP contribution is -2.46. The lowest BCUT2D eigenvalue weighted by molar-refractivity contribution is -0.127. The van der Waals surface area contributed by atoms with Gasteiger partial charge in [-0.3, -0.25) is 9.59 Å². The fourth-order valence-electron chi connectivity index (χ4n) is 4.68. The van der Waals surface area contributed by atoms with Gasteiger partial charge in [0.1, 0.15) is 0 Å². The van der Waals surface area contributed by atoms with Crippen molar-refractivity contribution in [2.24, 2.45) is 5.92 Å². The van der Waals surface area contributed by atoms with Gasteiger partial charge in [-0.25, -0.2) is 0 Å². The standard InChI is InChI=1S/C24H37N3O5/c1-30-20-14-19(15-21(31-2)23(20)32-3)25-22(28)11-13-27-12-7-8-17(16-27)24(29)26-18-9-5-4-6-10-18/h14-15,17-18H,4-13,16H2,1-3H3,(H,25,28)(H,26,29). The number of amides is 2. The summed E-state index contributed by atoms with van der Waals surface area (Å²) in [6, 6.07) is 3.77. The summed E-state index contributed by atoms with van der Waals surface area (Å²) >= 11 is 0. The van der Waals surface area contributed by atoms with E-state index in [0.29, 0.717) is 41.9 Å². The molecule has 0 spiro atoms. The number of piperidine rings is 1. The summed E-state index contributed by atoms with van der Waals surface area (Å²) in [5, 5.41) is 6.17. The highest BCUT2D eigenvalue weighted by molar-refractivity contribution is 5.91. The number of hydrogen-bond acceptors (Lipinski definition) is 6. The number of ether oxygens (including phenoxy) is 3. The molecule has 1 saturated heterocycles. The third-order valence-electron chi connectivity index (χ3n) is 6.43.